The monoisotopic (exact) mass is 316 g/mol. The first kappa shape index (κ1) is 16.0. The quantitative estimate of drug-likeness (QED) is 0.649. The number of halogens is 1. The van der Waals surface area contributed by atoms with E-state index in [1.165, 1.54) is 0 Å². The Labute approximate surface area is 134 Å². The number of nitrogens with one attached hydrogen (secondary N) is 1. The summed E-state index contributed by atoms with van der Waals surface area (Å²) in [6, 6.07) is 14.1. The standard InChI is InChI=1S/C17H17ClN2O2/c1-2-11-22-16-9-5-14(6-10-16)17(21)20-19-12-13-3-7-15(18)8-4-13/h3-10,12H,2,11H2,1H3,(H,20,21)/b19-12-. The van der Waals surface area contributed by atoms with Crippen molar-refractivity contribution in [2.45, 2.75) is 13.3 Å². The van der Waals surface area contributed by atoms with E-state index >= 15 is 0 Å². The van der Waals surface area contributed by atoms with Crippen LogP contribution in [-0.2, 0) is 0 Å². The summed E-state index contributed by atoms with van der Waals surface area (Å²) in [5.74, 6) is 0.482. The van der Waals surface area contributed by atoms with Gasteiger partial charge in [0.1, 0.15) is 5.75 Å². The predicted molar refractivity (Wildman–Crippen MR) is 88.7 cm³/mol. The zero-order chi connectivity index (χ0) is 15.8. The van der Waals surface area contributed by atoms with E-state index in [2.05, 4.69) is 10.5 Å². The van der Waals surface area contributed by atoms with Crippen molar-refractivity contribution < 1.29 is 9.53 Å². The minimum atomic E-state index is -0.271. The summed E-state index contributed by atoms with van der Waals surface area (Å²) < 4.78 is 5.47. The van der Waals surface area contributed by atoms with Crippen LogP contribution in [0.5, 0.6) is 5.75 Å². The molecule has 114 valence electrons. The van der Waals surface area contributed by atoms with E-state index in [1.54, 1.807) is 42.6 Å². The van der Waals surface area contributed by atoms with Gasteiger partial charge in [-0.3, -0.25) is 4.79 Å². The van der Waals surface area contributed by atoms with Crippen LogP contribution in [0, 0.1) is 0 Å². The van der Waals surface area contributed by atoms with Crippen LogP contribution in [0.2, 0.25) is 5.02 Å². The normalized spacial score (nSPS) is 10.6. The molecule has 0 radical (unpaired) electrons. The largest absolute Gasteiger partial charge is 0.494 e. The van der Waals surface area contributed by atoms with Gasteiger partial charge >= 0.3 is 0 Å². The minimum Gasteiger partial charge on any atom is -0.494 e. The van der Waals surface area contributed by atoms with Gasteiger partial charge in [-0.15, -0.1) is 0 Å². The van der Waals surface area contributed by atoms with Crippen molar-refractivity contribution >= 4 is 23.7 Å². The molecule has 0 saturated heterocycles. The lowest BCUT2D eigenvalue weighted by molar-refractivity contribution is 0.0955. The van der Waals surface area contributed by atoms with Gasteiger partial charge in [-0.1, -0.05) is 30.7 Å². The van der Waals surface area contributed by atoms with Crippen LogP contribution in [-0.4, -0.2) is 18.7 Å². The van der Waals surface area contributed by atoms with E-state index in [9.17, 15) is 4.79 Å². The third-order valence-corrected chi connectivity index (χ3v) is 3.09. The van der Waals surface area contributed by atoms with Crippen molar-refractivity contribution in [3.8, 4) is 5.75 Å². The number of rotatable bonds is 6. The first-order valence-corrected chi connectivity index (χ1v) is 7.38. The van der Waals surface area contributed by atoms with E-state index < -0.39 is 0 Å². The first-order valence-electron chi connectivity index (χ1n) is 7.01. The molecule has 0 unspecified atom stereocenters. The maximum atomic E-state index is 11.9. The number of hydrogen-bond donors (Lipinski definition) is 1. The third-order valence-electron chi connectivity index (χ3n) is 2.84. The Kier molecular flexibility index (Phi) is 5.98. The molecule has 0 heterocycles. The lowest BCUT2D eigenvalue weighted by Gasteiger charge is -2.05. The van der Waals surface area contributed by atoms with Crippen molar-refractivity contribution in [2.24, 2.45) is 5.10 Å². The Morgan fingerprint density at radius 2 is 1.86 bits per heavy atom. The summed E-state index contributed by atoms with van der Waals surface area (Å²) in [4.78, 5) is 11.9. The van der Waals surface area contributed by atoms with Crippen LogP contribution >= 0.6 is 11.6 Å². The second-order valence-electron chi connectivity index (χ2n) is 4.62. The number of benzene rings is 2. The molecule has 2 aromatic rings. The van der Waals surface area contributed by atoms with Gasteiger partial charge in [-0.2, -0.15) is 5.10 Å². The van der Waals surface area contributed by atoms with Crippen LogP contribution in [0.1, 0.15) is 29.3 Å². The molecule has 1 N–H and O–H groups in total. The lowest BCUT2D eigenvalue weighted by atomic mass is 10.2. The van der Waals surface area contributed by atoms with E-state index in [0.29, 0.717) is 17.2 Å². The summed E-state index contributed by atoms with van der Waals surface area (Å²) in [7, 11) is 0. The van der Waals surface area contributed by atoms with Gasteiger partial charge in [-0.05, 0) is 48.4 Å². The average molecular weight is 317 g/mol. The Morgan fingerprint density at radius 3 is 2.50 bits per heavy atom. The number of hydrogen-bond acceptors (Lipinski definition) is 3. The number of hydrazone groups is 1. The fourth-order valence-corrected chi connectivity index (χ4v) is 1.83. The van der Waals surface area contributed by atoms with Crippen molar-refractivity contribution in [3.05, 3.63) is 64.7 Å². The molecule has 0 spiro atoms. The van der Waals surface area contributed by atoms with Gasteiger partial charge in [0.25, 0.3) is 5.91 Å². The fourth-order valence-electron chi connectivity index (χ4n) is 1.70. The molecule has 0 atom stereocenters. The Hall–Kier alpha value is -2.33. The number of nitrogens with zero attached hydrogens (tertiary/aromatic N) is 1. The van der Waals surface area contributed by atoms with Crippen LogP contribution < -0.4 is 10.2 Å². The number of carbonyl (C=O) groups is 1. The van der Waals surface area contributed by atoms with Crippen molar-refractivity contribution in [1.82, 2.24) is 5.43 Å². The van der Waals surface area contributed by atoms with E-state index in [4.69, 9.17) is 16.3 Å². The topological polar surface area (TPSA) is 50.7 Å². The van der Waals surface area contributed by atoms with Gasteiger partial charge in [0.15, 0.2) is 0 Å². The molecule has 0 aliphatic heterocycles. The van der Waals surface area contributed by atoms with Crippen molar-refractivity contribution in [3.63, 3.8) is 0 Å². The van der Waals surface area contributed by atoms with E-state index in [0.717, 1.165) is 17.7 Å². The fraction of sp³-hybridized carbons (Fsp3) is 0.176. The SMILES string of the molecule is CCCOc1ccc(C(=O)N/N=C\c2ccc(Cl)cc2)cc1. The minimum absolute atomic E-state index is 0.271. The highest BCUT2D eigenvalue weighted by atomic mass is 35.5. The smallest absolute Gasteiger partial charge is 0.271 e. The van der Waals surface area contributed by atoms with Crippen LogP contribution in [0.15, 0.2) is 53.6 Å². The number of ether oxygens (including phenoxy) is 1. The summed E-state index contributed by atoms with van der Waals surface area (Å²) in [5, 5.41) is 4.58. The van der Waals surface area contributed by atoms with E-state index in [-0.39, 0.29) is 5.91 Å². The predicted octanol–water partition coefficient (Wildman–Crippen LogP) is 3.89. The van der Waals surface area contributed by atoms with Gasteiger partial charge in [-0.25, -0.2) is 5.43 Å². The summed E-state index contributed by atoms with van der Waals surface area (Å²) >= 11 is 5.80. The Balaban J connectivity index is 1.90. The molecule has 0 aliphatic rings. The van der Waals surface area contributed by atoms with E-state index in [1.807, 2.05) is 19.1 Å². The summed E-state index contributed by atoms with van der Waals surface area (Å²) in [6.45, 7) is 2.71. The highest BCUT2D eigenvalue weighted by Crippen LogP contribution is 2.12. The molecular weight excluding hydrogens is 300 g/mol. The zero-order valence-electron chi connectivity index (χ0n) is 12.3. The highest BCUT2D eigenvalue weighted by molar-refractivity contribution is 6.30. The Bertz CT molecular complexity index is 637. The molecule has 5 heteroatoms. The zero-order valence-corrected chi connectivity index (χ0v) is 13.0. The maximum absolute atomic E-state index is 11.9. The van der Waals surface area contributed by atoms with Gasteiger partial charge in [0.05, 0.1) is 12.8 Å². The second-order valence-corrected chi connectivity index (χ2v) is 5.06. The molecular formula is C17H17ClN2O2. The number of carbonyl (C=O) groups excluding carboxylic acids is 1. The Morgan fingerprint density at radius 1 is 1.18 bits per heavy atom. The summed E-state index contributed by atoms with van der Waals surface area (Å²) in [5.41, 5.74) is 3.86. The molecule has 0 fully saturated rings. The van der Waals surface area contributed by atoms with Gasteiger partial charge < -0.3 is 4.74 Å². The average Bonchev–Trinajstić information content (AvgIpc) is 2.55. The first-order chi connectivity index (χ1) is 10.7. The molecule has 4 nitrogen and oxygen atoms in total. The molecule has 0 saturated carbocycles. The molecule has 0 aromatic heterocycles. The molecule has 1 amide bonds. The third kappa shape index (κ3) is 4.90. The maximum Gasteiger partial charge on any atom is 0.271 e. The van der Waals surface area contributed by atoms with Crippen LogP contribution in [0.3, 0.4) is 0 Å². The summed E-state index contributed by atoms with van der Waals surface area (Å²) in [6.07, 6.45) is 2.51. The molecule has 0 aliphatic carbocycles. The molecule has 22 heavy (non-hydrogen) atoms. The van der Waals surface area contributed by atoms with Crippen LogP contribution in [0.4, 0.5) is 0 Å². The lowest BCUT2D eigenvalue weighted by Crippen LogP contribution is -2.17. The number of amides is 1. The van der Waals surface area contributed by atoms with Crippen molar-refractivity contribution in [2.75, 3.05) is 6.61 Å². The van der Waals surface area contributed by atoms with Gasteiger partial charge in [0.2, 0.25) is 0 Å². The second kappa shape index (κ2) is 8.20. The molecule has 2 rings (SSSR count). The molecule has 2 aromatic carbocycles. The van der Waals surface area contributed by atoms with Crippen molar-refractivity contribution in [1.29, 1.82) is 0 Å². The molecule has 0 bridgehead atoms. The van der Waals surface area contributed by atoms with Gasteiger partial charge in [0, 0.05) is 10.6 Å². The highest BCUT2D eigenvalue weighted by Gasteiger charge is 2.04. The van der Waals surface area contributed by atoms with Crippen LogP contribution in [0.25, 0.3) is 0 Å².